The molecule has 2 aromatic carbocycles. The van der Waals surface area contributed by atoms with Gasteiger partial charge in [0.05, 0.1) is 42.5 Å². The number of halogens is 1. The van der Waals surface area contributed by atoms with Gasteiger partial charge in [-0.05, 0) is 69.0 Å². The van der Waals surface area contributed by atoms with Gasteiger partial charge in [0.1, 0.15) is 16.3 Å². The van der Waals surface area contributed by atoms with Gasteiger partial charge in [-0.2, -0.15) is 0 Å². The number of rotatable bonds is 10. The molecular formula is C31H31FN2O7S. The summed E-state index contributed by atoms with van der Waals surface area (Å²) in [4.78, 5) is 46.5. The first-order chi connectivity index (χ1) is 20.1. The molecule has 1 aliphatic heterocycles. The lowest BCUT2D eigenvalue weighted by atomic mass is 9.98. The zero-order valence-electron chi connectivity index (χ0n) is 24.0. The molecule has 42 heavy (non-hydrogen) atoms. The van der Waals surface area contributed by atoms with Crippen LogP contribution in [0.4, 0.5) is 9.52 Å². The highest BCUT2D eigenvalue weighted by molar-refractivity contribution is 7.17. The van der Waals surface area contributed by atoms with Crippen LogP contribution in [-0.2, 0) is 4.74 Å². The Bertz CT molecular complexity index is 1730. The first-order valence-electron chi connectivity index (χ1n) is 13.8. The molecule has 0 saturated heterocycles. The van der Waals surface area contributed by atoms with Crippen LogP contribution in [0.1, 0.15) is 77.2 Å². The zero-order valence-corrected chi connectivity index (χ0v) is 24.8. The largest absolute Gasteiger partial charge is 0.490 e. The van der Waals surface area contributed by atoms with E-state index in [9.17, 15) is 18.8 Å². The van der Waals surface area contributed by atoms with Gasteiger partial charge in [0.2, 0.25) is 5.76 Å². The molecule has 1 amide bonds. The lowest BCUT2D eigenvalue weighted by Gasteiger charge is -2.23. The van der Waals surface area contributed by atoms with E-state index < -0.39 is 29.2 Å². The predicted molar refractivity (Wildman–Crippen MR) is 156 cm³/mol. The summed E-state index contributed by atoms with van der Waals surface area (Å²) in [5.74, 6) is -0.532. The number of hydrogen-bond donors (Lipinski definition) is 0. The van der Waals surface area contributed by atoms with Crippen LogP contribution in [0.25, 0.3) is 11.0 Å². The topological polar surface area (TPSA) is 108 Å². The van der Waals surface area contributed by atoms with Crippen molar-refractivity contribution in [3.8, 4) is 11.5 Å². The Hall–Kier alpha value is -4.25. The van der Waals surface area contributed by atoms with Gasteiger partial charge in [0.25, 0.3) is 5.91 Å². The number of carbonyl (C=O) groups excluding carboxylic acids is 2. The number of aryl methyl sites for hydroxylation is 1. The molecular weight excluding hydrogens is 563 g/mol. The van der Waals surface area contributed by atoms with E-state index in [1.54, 1.807) is 32.0 Å². The number of esters is 1. The van der Waals surface area contributed by atoms with Crippen LogP contribution in [0.5, 0.6) is 11.5 Å². The predicted octanol–water partition coefficient (Wildman–Crippen LogP) is 6.45. The van der Waals surface area contributed by atoms with Gasteiger partial charge in [0.15, 0.2) is 22.1 Å². The van der Waals surface area contributed by atoms with Gasteiger partial charge in [0, 0.05) is 0 Å². The fourth-order valence-electron chi connectivity index (χ4n) is 4.82. The van der Waals surface area contributed by atoms with E-state index in [0.717, 1.165) is 29.9 Å². The molecule has 4 aromatic rings. The van der Waals surface area contributed by atoms with E-state index in [4.69, 9.17) is 18.6 Å². The molecule has 220 valence electrons. The SMILES string of the molecule is CCOC(=O)c1sc(N2C(=O)c3oc4ccc(F)cc4c(=O)c3C2c2ccc(OCCC(C)C)c(OCC)c2)nc1C. The van der Waals surface area contributed by atoms with Crippen LogP contribution >= 0.6 is 11.3 Å². The molecule has 5 rings (SSSR count). The highest BCUT2D eigenvalue weighted by Gasteiger charge is 2.45. The van der Waals surface area contributed by atoms with E-state index in [1.165, 1.54) is 11.0 Å². The van der Waals surface area contributed by atoms with Crippen molar-refractivity contribution >= 4 is 39.3 Å². The van der Waals surface area contributed by atoms with E-state index in [1.807, 2.05) is 6.92 Å². The van der Waals surface area contributed by atoms with Gasteiger partial charge in [-0.25, -0.2) is 14.2 Å². The van der Waals surface area contributed by atoms with Crippen LogP contribution in [0, 0.1) is 18.7 Å². The van der Waals surface area contributed by atoms with E-state index >= 15 is 0 Å². The number of hydrogen-bond acceptors (Lipinski definition) is 9. The summed E-state index contributed by atoms with van der Waals surface area (Å²) >= 11 is 0.981. The first-order valence-corrected chi connectivity index (χ1v) is 14.6. The fraction of sp³-hybridized carbons (Fsp3) is 0.355. The Morgan fingerprint density at radius 3 is 2.60 bits per heavy atom. The van der Waals surface area contributed by atoms with Crippen molar-refractivity contribution in [1.82, 2.24) is 4.98 Å². The average molecular weight is 595 g/mol. The summed E-state index contributed by atoms with van der Waals surface area (Å²) in [6.45, 7) is 10.4. The maximum atomic E-state index is 14.2. The zero-order chi connectivity index (χ0) is 30.1. The minimum atomic E-state index is -0.999. The number of ether oxygens (including phenoxy) is 3. The van der Waals surface area contributed by atoms with Crippen LogP contribution in [-0.4, -0.2) is 36.7 Å². The molecule has 0 radical (unpaired) electrons. The molecule has 1 unspecified atom stereocenters. The lowest BCUT2D eigenvalue weighted by molar-refractivity contribution is 0.0531. The molecule has 0 bridgehead atoms. The van der Waals surface area contributed by atoms with Gasteiger partial charge in [-0.3, -0.25) is 14.5 Å². The lowest BCUT2D eigenvalue weighted by Crippen LogP contribution is -2.29. The Balaban J connectivity index is 1.69. The van der Waals surface area contributed by atoms with Crippen molar-refractivity contribution < 1.29 is 32.6 Å². The molecule has 0 saturated carbocycles. The number of anilines is 1. The molecule has 1 atom stereocenters. The Kier molecular flexibility index (Phi) is 8.31. The number of carbonyl (C=O) groups is 2. The summed E-state index contributed by atoms with van der Waals surface area (Å²) in [5.41, 5.74) is 0.488. The van der Waals surface area contributed by atoms with E-state index in [-0.39, 0.29) is 38.9 Å². The maximum absolute atomic E-state index is 14.2. The number of benzene rings is 2. The molecule has 3 heterocycles. The third kappa shape index (κ3) is 5.36. The second-order valence-corrected chi connectivity index (χ2v) is 11.2. The van der Waals surface area contributed by atoms with Crippen molar-refractivity contribution in [1.29, 1.82) is 0 Å². The smallest absolute Gasteiger partial charge is 0.350 e. The monoisotopic (exact) mass is 594 g/mol. The van der Waals surface area contributed by atoms with Crippen molar-refractivity contribution in [3.05, 3.63) is 79.9 Å². The first kappa shape index (κ1) is 29.2. The fourth-order valence-corrected chi connectivity index (χ4v) is 5.80. The maximum Gasteiger partial charge on any atom is 0.350 e. The molecule has 0 N–H and O–H groups in total. The van der Waals surface area contributed by atoms with E-state index in [0.29, 0.717) is 41.9 Å². The molecule has 1 aliphatic rings. The molecule has 9 nitrogen and oxygen atoms in total. The third-order valence-corrected chi connectivity index (χ3v) is 7.96. The summed E-state index contributed by atoms with van der Waals surface area (Å²) in [6, 6.07) is 7.77. The standard InChI is InChI=1S/C31H31FN2O7S/c1-6-38-23-14-18(8-10-22(23)40-13-12-16(3)4)25-24-26(35)20-15-19(32)9-11-21(20)41-27(24)29(36)34(25)31-33-17(5)28(42-31)30(37)39-7-2/h8-11,14-16,25H,6-7,12-13H2,1-5H3. The Morgan fingerprint density at radius 2 is 1.88 bits per heavy atom. The summed E-state index contributed by atoms with van der Waals surface area (Å²) in [6.07, 6.45) is 0.850. The van der Waals surface area contributed by atoms with Gasteiger partial charge in [-0.1, -0.05) is 31.3 Å². The van der Waals surface area contributed by atoms with Gasteiger partial charge >= 0.3 is 5.97 Å². The second-order valence-electron chi connectivity index (χ2n) is 10.2. The highest BCUT2D eigenvalue weighted by atomic mass is 32.1. The molecule has 0 fully saturated rings. The summed E-state index contributed by atoms with van der Waals surface area (Å²) in [7, 11) is 0. The second kappa shape index (κ2) is 11.9. The van der Waals surface area contributed by atoms with Crippen LogP contribution in [0.15, 0.2) is 45.6 Å². The number of amides is 1. The van der Waals surface area contributed by atoms with Crippen LogP contribution in [0.3, 0.4) is 0 Å². The quantitative estimate of drug-likeness (QED) is 0.193. The van der Waals surface area contributed by atoms with Crippen LogP contribution < -0.4 is 19.8 Å². The van der Waals surface area contributed by atoms with Gasteiger partial charge in [-0.15, -0.1) is 0 Å². The summed E-state index contributed by atoms with van der Waals surface area (Å²) < 4.78 is 37.2. The molecule has 0 spiro atoms. The highest BCUT2D eigenvalue weighted by Crippen LogP contribution is 2.45. The Morgan fingerprint density at radius 1 is 1.10 bits per heavy atom. The third-order valence-electron chi connectivity index (χ3n) is 6.82. The van der Waals surface area contributed by atoms with Crippen molar-refractivity contribution in [3.63, 3.8) is 0 Å². The molecule has 0 aliphatic carbocycles. The Labute approximate surface area is 245 Å². The average Bonchev–Trinajstić information content (AvgIpc) is 3.47. The van der Waals surface area contributed by atoms with Crippen LogP contribution in [0.2, 0.25) is 0 Å². The van der Waals surface area contributed by atoms with Crippen molar-refractivity contribution in [2.24, 2.45) is 5.92 Å². The number of aromatic nitrogens is 1. The van der Waals surface area contributed by atoms with Crippen molar-refractivity contribution in [2.75, 3.05) is 24.7 Å². The molecule has 2 aromatic heterocycles. The number of fused-ring (bicyclic) bond motifs is 2. The summed E-state index contributed by atoms with van der Waals surface area (Å²) in [5, 5.41) is 0.191. The number of nitrogens with zero attached hydrogens (tertiary/aromatic N) is 2. The molecule has 11 heteroatoms. The van der Waals surface area contributed by atoms with Crippen molar-refractivity contribution in [2.45, 2.75) is 47.1 Å². The minimum absolute atomic E-state index is 0.00889. The number of thiazole rings is 1. The normalized spacial score (nSPS) is 14.5. The minimum Gasteiger partial charge on any atom is -0.490 e. The van der Waals surface area contributed by atoms with E-state index in [2.05, 4.69) is 18.8 Å². The van der Waals surface area contributed by atoms with Gasteiger partial charge < -0.3 is 18.6 Å².